The van der Waals surface area contributed by atoms with Gasteiger partial charge in [-0.3, -0.25) is 0 Å². The maximum Gasteiger partial charge on any atom is 0.246 e. The molecule has 0 radical (unpaired) electrons. The van der Waals surface area contributed by atoms with Gasteiger partial charge in [-0.05, 0) is 40.8 Å². The first-order valence-corrected chi connectivity index (χ1v) is 9.18. The van der Waals surface area contributed by atoms with Gasteiger partial charge in [-0.1, -0.05) is 0 Å². The van der Waals surface area contributed by atoms with Crippen LogP contribution in [0, 0.1) is 11.8 Å². The minimum absolute atomic E-state index is 0.0675. The maximum atomic E-state index is 12.8. The Hall–Kier alpha value is -0.700. The summed E-state index contributed by atoms with van der Waals surface area (Å²) in [5.41, 5.74) is 0. The van der Waals surface area contributed by atoms with Crippen molar-refractivity contribution in [3.63, 3.8) is 0 Å². The molecule has 1 aromatic heterocycles. The molecule has 2 fully saturated rings. The zero-order chi connectivity index (χ0) is 15.2. The van der Waals surface area contributed by atoms with Crippen LogP contribution in [0.4, 0.5) is 5.82 Å². The third kappa shape index (κ3) is 2.58. The van der Waals surface area contributed by atoms with Crippen LogP contribution >= 0.6 is 15.9 Å². The normalized spacial score (nSPS) is 29.6. The van der Waals surface area contributed by atoms with Gasteiger partial charge < -0.3 is 10.4 Å². The molecule has 1 aliphatic carbocycles. The van der Waals surface area contributed by atoms with E-state index in [2.05, 4.69) is 26.2 Å². The van der Waals surface area contributed by atoms with Crippen molar-refractivity contribution in [3.8, 4) is 0 Å². The zero-order valence-electron chi connectivity index (χ0n) is 11.7. The van der Waals surface area contributed by atoms with Crippen LogP contribution < -0.4 is 5.32 Å². The van der Waals surface area contributed by atoms with Gasteiger partial charge in [0.2, 0.25) is 10.0 Å². The summed E-state index contributed by atoms with van der Waals surface area (Å²) < 4.78 is 27.8. The second-order valence-electron chi connectivity index (χ2n) is 5.64. The van der Waals surface area contributed by atoms with Crippen LogP contribution in [0.25, 0.3) is 0 Å². The highest BCUT2D eigenvalue weighted by Gasteiger charge is 2.46. The summed E-state index contributed by atoms with van der Waals surface area (Å²) in [5.74, 6) is 0.682. The van der Waals surface area contributed by atoms with Gasteiger partial charge in [0, 0.05) is 36.7 Å². The molecule has 0 spiro atoms. The molecule has 0 amide bonds. The SMILES string of the molecule is CNc1ncc(Br)cc1S(=O)(=O)N1CC2CCC(O)C2C1. The lowest BCUT2D eigenvalue weighted by molar-refractivity contribution is 0.129. The summed E-state index contributed by atoms with van der Waals surface area (Å²) in [6.07, 6.45) is 2.86. The molecular formula is C13H18BrN3O3S. The van der Waals surface area contributed by atoms with Crippen LogP contribution in [0.2, 0.25) is 0 Å². The first-order valence-electron chi connectivity index (χ1n) is 6.95. The number of nitrogens with zero attached hydrogens (tertiary/aromatic N) is 2. The fourth-order valence-corrected chi connectivity index (χ4v) is 5.53. The average Bonchev–Trinajstić information content (AvgIpc) is 3.02. The summed E-state index contributed by atoms with van der Waals surface area (Å²) in [5, 5.41) is 12.8. The first kappa shape index (κ1) is 15.2. The third-order valence-electron chi connectivity index (χ3n) is 4.46. The molecule has 1 aromatic rings. The van der Waals surface area contributed by atoms with Gasteiger partial charge >= 0.3 is 0 Å². The number of nitrogens with one attached hydrogen (secondary N) is 1. The Kier molecular flexibility index (Phi) is 3.98. The average molecular weight is 376 g/mol. The number of aliphatic hydroxyl groups excluding tert-OH is 1. The van der Waals surface area contributed by atoms with Gasteiger partial charge in [0.25, 0.3) is 0 Å². The lowest BCUT2D eigenvalue weighted by Gasteiger charge is -2.19. The van der Waals surface area contributed by atoms with Crippen LogP contribution in [0.3, 0.4) is 0 Å². The van der Waals surface area contributed by atoms with Crippen LogP contribution in [0.15, 0.2) is 21.6 Å². The predicted octanol–water partition coefficient (Wildman–Crippen LogP) is 1.28. The summed E-state index contributed by atoms with van der Waals surface area (Å²) >= 11 is 3.27. The summed E-state index contributed by atoms with van der Waals surface area (Å²) in [7, 11) is -1.95. The summed E-state index contributed by atoms with van der Waals surface area (Å²) in [4.78, 5) is 4.28. The van der Waals surface area contributed by atoms with Crippen molar-refractivity contribution < 1.29 is 13.5 Å². The Bertz CT molecular complexity index is 652. The van der Waals surface area contributed by atoms with E-state index in [1.54, 1.807) is 19.3 Å². The molecule has 2 aliphatic rings. The molecule has 3 rings (SSSR count). The molecule has 2 N–H and O–H groups in total. The number of hydrogen-bond acceptors (Lipinski definition) is 5. The Labute approximate surface area is 132 Å². The van der Waals surface area contributed by atoms with E-state index in [1.165, 1.54) is 4.31 Å². The fourth-order valence-electron chi connectivity index (χ4n) is 3.34. The Morgan fingerprint density at radius 3 is 2.86 bits per heavy atom. The zero-order valence-corrected chi connectivity index (χ0v) is 14.1. The second kappa shape index (κ2) is 5.49. The lowest BCUT2D eigenvalue weighted by atomic mass is 10.00. The number of fused-ring (bicyclic) bond motifs is 1. The molecular weight excluding hydrogens is 358 g/mol. The summed E-state index contributed by atoms with van der Waals surface area (Å²) in [6, 6.07) is 1.57. The van der Waals surface area contributed by atoms with Crippen molar-refractivity contribution in [1.29, 1.82) is 0 Å². The molecule has 1 saturated carbocycles. The topological polar surface area (TPSA) is 82.5 Å². The number of halogens is 1. The van der Waals surface area contributed by atoms with Gasteiger partial charge in [0.1, 0.15) is 10.7 Å². The van der Waals surface area contributed by atoms with Crippen molar-refractivity contribution in [2.75, 3.05) is 25.5 Å². The van der Waals surface area contributed by atoms with E-state index in [4.69, 9.17) is 0 Å². The van der Waals surface area contributed by atoms with E-state index in [1.807, 2.05) is 0 Å². The van der Waals surface area contributed by atoms with E-state index >= 15 is 0 Å². The third-order valence-corrected chi connectivity index (χ3v) is 6.74. The van der Waals surface area contributed by atoms with Gasteiger partial charge in [-0.25, -0.2) is 13.4 Å². The van der Waals surface area contributed by atoms with E-state index in [-0.39, 0.29) is 22.8 Å². The standard InChI is InChI=1S/C13H18BrN3O3S/c1-15-13-12(4-9(14)5-16-13)21(19,20)17-6-8-2-3-11(18)10(8)7-17/h4-5,8,10-11,18H,2-3,6-7H2,1H3,(H,15,16). The van der Waals surface area contributed by atoms with E-state index < -0.39 is 10.0 Å². The number of sulfonamides is 1. The highest BCUT2D eigenvalue weighted by molar-refractivity contribution is 9.10. The van der Waals surface area contributed by atoms with Crippen molar-refractivity contribution in [2.24, 2.45) is 11.8 Å². The number of hydrogen-bond donors (Lipinski definition) is 2. The minimum Gasteiger partial charge on any atom is -0.393 e. The number of anilines is 1. The van der Waals surface area contributed by atoms with Crippen molar-refractivity contribution >= 4 is 31.8 Å². The number of rotatable bonds is 3. The lowest BCUT2D eigenvalue weighted by Crippen LogP contribution is -2.31. The molecule has 1 aliphatic heterocycles. The van der Waals surface area contributed by atoms with Crippen LogP contribution in [0.5, 0.6) is 0 Å². The number of aromatic nitrogens is 1. The Morgan fingerprint density at radius 2 is 2.19 bits per heavy atom. The van der Waals surface area contributed by atoms with Gasteiger partial charge in [-0.15, -0.1) is 0 Å². The summed E-state index contributed by atoms with van der Waals surface area (Å²) in [6.45, 7) is 0.879. The molecule has 3 atom stereocenters. The molecule has 2 heterocycles. The largest absolute Gasteiger partial charge is 0.393 e. The molecule has 0 aromatic carbocycles. The molecule has 8 heteroatoms. The number of aliphatic hydroxyl groups is 1. The van der Waals surface area contributed by atoms with Gasteiger partial charge in [0.15, 0.2) is 0 Å². The van der Waals surface area contributed by atoms with Crippen molar-refractivity contribution in [3.05, 3.63) is 16.7 Å². The monoisotopic (exact) mass is 375 g/mol. The Balaban J connectivity index is 1.93. The Morgan fingerprint density at radius 1 is 1.43 bits per heavy atom. The molecule has 1 saturated heterocycles. The highest BCUT2D eigenvalue weighted by Crippen LogP contribution is 2.40. The fraction of sp³-hybridized carbons (Fsp3) is 0.615. The van der Waals surface area contributed by atoms with Crippen LogP contribution in [-0.2, 0) is 10.0 Å². The quantitative estimate of drug-likeness (QED) is 0.831. The van der Waals surface area contributed by atoms with Crippen molar-refractivity contribution in [1.82, 2.24) is 9.29 Å². The molecule has 21 heavy (non-hydrogen) atoms. The van der Waals surface area contributed by atoms with Gasteiger partial charge in [0.05, 0.1) is 6.10 Å². The van der Waals surface area contributed by atoms with Gasteiger partial charge in [-0.2, -0.15) is 4.31 Å². The minimum atomic E-state index is -3.60. The number of pyridine rings is 1. The van der Waals surface area contributed by atoms with Crippen LogP contribution in [-0.4, -0.2) is 49.1 Å². The second-order valence-corrected chi connectivity index (χ2v) is 8.46. The molecule has 0 bridgehead atoms. The van der Waals surface area contributed by atoms with Crippen LogP contribution in [0.1, 0.15) is 12.8 Å². The van der Waals surface area contributed by atoms with E-state index in [9.17, 15) is 13.5 Å². The van der Waals surface area contributed by atoms with Crippen molar-refractivity contribution in [2.45, 2.75) is 23.8 Å². The van der Waals surface area contributed by atoms with E-state index in [0.717, 1.165) is 12.8 Å². The predicted molar refractivity (Wildman–Crippen MR) is 82.5 cm³/mol. The van der Waals surface area contributed by atoms with E-state index in [0.29, 0.717) is 23.4 Å². The molecule has 116 valence electrons. The maximum absolute atomic E-state index is 12.8. The highest BCUT2D eigenvalue weighted by atomic mass is 79.9. The smallest absolute Gasteiger partial charge is 0.246 e. The molecule has 3 unspecified atom stereocenters. The first-order chi connectivity index (χ1) is 9.93. The molecule has 6 nitrogen and oxygen atoms in total.